The van der Waals surface area contributed by atoms with Gasteiger partial charge in [-0.2, -0.15) is 13.2 Å². The van der Waals surface area contributed by atoms with Gasteiger partial charge in [-0.1, -0.05) is 11.6 Å². The van der Waals surface area contributed by atoms with Gasteiger partial charge in [0.15, 0.2) is 5.69 Å². The summed E-state index contributed by atoms with van der Waals surface area (Å²) in [6.07, 6.45) is -2.46. The summed E-state index contributed by atoms with van der Waals surface area (Å²) < 4.78 is 55.8. The topological polar surface area (TPSA) is 89.3 Å². The van der Waals surface area contributed by atoms with Crippen LogP contribution in [0.25, 0.3) is 5.69 Å². The van der Waals surface area contributed by atoms with Crippen molar-refractivity contribution in [3.63, 3.8) is 0 Å². The second-order valence-electron chi connectivity index (χ2n) is 7.36. The molecule has 1 heterocycles. The highest BCUT2D eigenvalue weighted by Crippen LogP contribution is 2.19. The van der Waals surface area contributed by atoms with Gasteiger partial charge in [0.1, 0.15) is 6.54 Å². The number of benzene rings is 1. The molecule has 1 aromatic heterocycles. The van der Waals surface area contributed by atoms with E-state index in [1.807, 2.05) is 5.32 Å². The molecule has 0 saturated carbocycles. The molecular weight excluding hydrogens is 446 g/mol. The van der Waals surface area contributed by atoms with Crippen molar-refractivity contribution in [1.82, 2.24) is 25.2 Å². The molecule has 0 radical (unpaired) electrons. The van der Waals surface area contributed by atoms with Gasteiger partial charge in [-0.15, -0.1) is 5.10 Å². The second kappa shape index (κ2) is 12.3. The normalized spacial score (nSPS) is 11.5. The molecule has 0 fully saturated rings. The molecular formula is C21H27F4N5O3. The molecule has 0 aliphatic carbocycles. The molecule has 2 amide bonds. The smallest absolute Gasteiger partial charge is 0.383 e. The van der Waals surface area contributed by atoms with Gasteiger partial charge in [0, 0.05) is 26.3 Å². The highest BCUT2D eigenvalue weighted by Gasteiger charge is 2.28. The fourth-order valence-corrected chi connectivity index (χ4v) is 3.01. The average molecular weight is 473 g/mol. The number of alkyl halides is 4. The van der Waals surface area contributed by atoms with Crippen molar-refractivity contribution in [1.29, 1.82) is 0 Å². The summed E-state index contributed by atoms with van der Waals surface area (Å²) in [6, 6.07) is 5.74. The zero-order valence-electron chi connectivity index (χ0n) is 18.5. The summed E-state index contributed by atoms with van der Waals surface area (Å²) in [5.74, 6) is -1.21. The Morgan fingerprint density at radius 1 is 1.15 bits per heavy atom. The number of unbranched alkanes of at least 4 members (excludes halogenated alkanes) is 2. The van der Waals surface area contributed by atoms with Crippen molar-refractivity contribution in [3.05, 3.63) is 41.2 Å². The zero-order chi connectivity index (χ0) is 24.4. The van der Waals surface area contributed by atoms with Crippen LogP contribution in [0.2, 0.25) is 0 Å². The molecule has 182 valence electrons. The van der Waals surface area contributed by atoms with Crippen molar-refractivity contribution in [2.24, 2.45) is 0 Å². The van der Waals surface area contributed by atoms with Gasteiger partial charge < -0.3 is 15.0 Å². The monoisotopic (exact) mass is 473 g/mol. The van der Waals surface area contributed by atoms with Crippen LogP contribution < -0.4 is 5.32 Å². The Morgan fingerprint density at radius 2 is 1.85 bits per heavy atom. The molecule has 1 aromatic carbocycles. The number of likely N-dealkylation sites (N-methyl/N-ethyl adjacent to an activating group) is 1. The van der Waals surface area contributed by atoms with E-state index in [1.165, 1.54) is 41.0 Å². The van der Waals surface area contributed by atoms with Crippen molar-refractivity contribution < 1.29 is 31.9 Å². The van der Waals surface area contributed by atoms with Gasteiger partial charge in [-0.3, -0.25) is 14.0 Å². The maximum atomic E-state index is 12.9. The first kappa shape index (κ1) is 26.2. The largest absolute Gasteiger partial charge is 0.405 e. The fraction of sp³-hybridized carbons (Fsp3) is 0.524. The average Bonchev–Trinajstić information content (AvgIpc) is 3.21. The van der Waals surface area contributed by atoms with E-state index < -0.39 is 25.3 Å². The molecule has 2 rings (SSSR count). The summed E-state index contributed by atoms with van der Waals surface area (Å²) in [5.41, 5.74) is 1.20. The summed E-state index contributed by atoms with van der Waals surface area (Å²) in [5, 5.41) is 9.92. The maximum Gasteiger partial charge on any atom is 0.405 e. The van der Waals surface area contributed by atoms with Gasteiger partial charge in [-0.25, -0.2) is 4.68 Å². The molecule has 0 aliphatic rings. The zero-order valence-corrected chi connectivity index (χ0v) is 18.5. The van der Waals surface area contributed by atoms with Gasteiger partial charge in [0.25, 0.3) is 11.8 Å². The Morgan fingerprint density at radius 3 is 2.45 bits per heavy atom. The van der Waals surface area contributed by atoms with E-state index in [0.717, 1.165) is 0 Å². The first-order valence-electron chi connectivity index (χ1n) is 10.4. The van der Waals surface area contributed by atoms with Crippen LogP contribution in [0.3, 0.4) is 0 Å². The lowest BCUT2D eigenvalue weighted by atomic mass is 10.1. The summed E-state index contributed by atoms with van der Waals surface area (Å²) in [7, 11) is 3.14. The molecule has 0 unspecified atom stereocenters. The minimum atomic E-state index is -4.51. The third kappa shape index (κ3) is 7.81. The molecule has 0 spiro atoms. The van der Waals surface area contributed by atoms with Gasteiger partial charge in [0.05, 0.1) is 24.7 Å². The molecule has 12 heteroatoms. The van der Waals surface area contributed by atoms with Gasteiger partial charge in [0.2, 0.25) is 0 Å². The number of amides is 2. The number of hydrogen-bond acceptors (Lipinski definition) is 5. The molecule has 0 saturated heterocycles. The molecule has 0 atom stereocenters. The second-order valence-corrected chi connectivity index (χ2v) is 7.36. The number of carbonyl (C=O) groups excluding carboxylic acids is 2. The van der Waals surface area contributed by atoms with E-state index in [4.69, 9.17) is 4.74 Å². The summed E-state index contributed by atoms with van der Waals surface area (Å²) in [4.78, 5) is 26.2. The third-order valence-corrected chi connectivity index (χ3v) is 4.81. The highest BCUT2D eigenvalue weighted by molar-refractivity contribution is 5.94. The lowest BCUT2D eigenvalue weighted by Gasteiger charge is -2.16. The van der Waals surface area contributed by atoms with Crippen molar-refractivity contribution in [2.75, 3.05) is 40.5 Å². The van der Waals surface area contributed by atoms with Crippen LogP contribution in [0.4, 0.5) is 17.6 Å². The number of carbonyl (C=O) groups is 2. The number of nitrogens with one attached hydrogen (secondary N) is 1. The quantitative estimate of drug-likeness (QED) is 0.378. The Kier molecular flexibility index (Phi) is 9.76. The van der Waals surface area contributed by atoms with E-state index in [2.05, 4.69) is 10.3 Å². The predicted octanol–water partition coefficient (Wildman–Crippen LogP) is 2.96. The van der Waals surface area contributed by atoms with Crippen LogP contribution in [0, 0.1) is 0 Å². The van der Waals surface area contributed by atoms with Crippen LogP contribution >= 0.6 is 0 Å². The van der Waals surface area contributed by atoms with Gasteiger partial charge in [-0.05, 0) is 43.5 Å². The molecule has 33 heavy (non-hydrogen) atoms. The van der Waals surface area contributed by atoms with Crippen LogP contribution in [0.1, 0.15) is 45.8 Å². The van der Waals surface area contributed by atoms with Crippen LogP contribution in [0.15, 0.2) is 24.3 Å². The molecule has 0 aliphatic heterocycles. The highest BCUT2D eigenvalue weighted by atomic mass is 19.4. The lowest BCUT2D eigenvalue weighted by molar-refractivity contribution is -0.123. The minimum Gasteiger partial charge on any atom is -0.383 e. The van der Waals surface area contributed by atoms with E-state index in [-0.39, 0.29) is 17.2 Å². The van der Waals surface area contributed by atoms with Crippen LogP contribution in [-0.2, 0) is 11.2 Å². The summed E-state index contributed by atoms with van der Waals surface area (Å²) >= 11 is 0. The number of halogens is 4. The Bertz CT molecular complexity index is 916. The summed E-state index contributed by atoms with van der Waals surface area (Å²) in [6.45, 7) is -1.16. The van der Waals surface area contributed by atoms with Crippen molar-refractivity contribution >= 4 is 11.8 Å². The number of rotatable bonds is 12. The first-order valence-corrected chi connectivity index (χ1v) is 10.4. The van der Waals surface area contributed by atoms with E-state index >= 15 is 0 Å². The maximum absolute atomic E-state index is 12.9. The first-order chi connectivity index (χ1) is 15.7. The number of ether oxygens (including phenoxy) is 1. The molecule has 1 N–H and O–H groups in total. The molecule has 0 bridgehead atoms. The lowest BCUT2D eigenvalue weighted by Crippen LogP contribution is -2.33. The van der Waals surface area contributed by atoms with Gasteiger partial charge >= 0.3 is 6.18 Å². The SMILES string of the molecule is COCCN(C)C(=O)c1nnn(-c2ccc(C(=O)NCC(F)(F)F)cc2)c1CCCCCF. The Balaban J connectivity index is 2.26. The van der Waals surface area contributed by atoms with E-state index in [9.17, 15) is 27.2 Å². The number of nitrogens with zero attached hydrogens (tertiary/aromatic N) is 4. The number of aromatic nitrogens is 3. The predicted molar refractivity (Wildman–Crippen MR) is 112 cm³/mol. The van der Waals surface area contributed by atoms with Crippen LogP contribution in [0.5, 0.6) is 0 Å². The minimum absolute atomic E-state index is 0.0446. The molecule has 2 aromatic rings. The van der Waals surface area contributed by atoms with E-state index in [0.29, 0.717) is 50.2 Å². The van der Waals surface area contributed by atoms with Crippen molar-refractivity contribution in [3.8, 4) is 5.69 Å². The van der Waals surface area contributed by atoms with Crippen LogP contribution in [-0.4, -0.2) is 78.4 Å². The Labute approximate surface area is 188 Å². The number of hydrogen-bond donors (Lipinski definition) is 1. The fourth-order valence-electron chi connectivity index (χ4n) is 3.01. The van der Waals surface area contributed by atoms with E-state index in [1.54, 1.807) is 7.05 Å². The molecule has 8 nitrogen and oxygen atoms in total. The number of methoxy groups -OCH3 is 1. The van der Waals surface area contributed by atoms with Crippen molar-refractivity contribution in [2.45, 2.75) is 31.9 Å². The third-order valence-electron chi connectivity index (χ3n) is 4.81. The Hall–Kier alpha value is -3.02. The standard InChI is InChI=1S/C21H27F4N5O3/c1-29(12-13-33-2)20(32)18-17(6-4-3-5-11-22)30(28-27-18)16-9-7-15(8-10-16)19(31)26-14-21(23,24)25/h7-10H,3-6,11-14H2,1-2H3,(H,26,31).